The number of nitrogens with zero attached hydrogens (tertiary/aromatic N) is 4. The standard InChI is InChI=1S/C17H28N6O2/c1-8-14(15-11(3)21-22(5)12(15)4)19-17(24)18-9-13-10(2)20-23(6)16(13)25-7/h14H,8-9H2,1-7H3,(H2,18,19,24). The number of carbonyl (C=O) groups is 1. The lowest BCUT2D eigenvalue weighted by atomic mass is 10.0. The Morgan fingerprint density at radius 1 is 1.16 bits per heavy atom. The van der Waals surface area contributed by atoms with Crippen LogP contribution in [-0.2, 0) is 20.6 Å². The molecule has 1 atom stereocenters. The summed E-state index contributed by atoms with van der Waals surface area (Å²) in [6, 6.07) is -0.301. The molecule has 2 aromatic heterocycles. The maximum Gasteiger partial charge on any atom is 0.315 e. The highest BCUT2D eigenvalue weighted by Gasteiger charge is 2.21. The number of methoxy groups -OCH3 is 1. The van der Waals surface area contributed by atoms with Crippen LogP contribution in [0.2, 0.25) is 0 Å². The fourth-order valence-corrected chi connectivity index (χ4v) is 3.19. The van der Waals surface area contributed by atoms with E-state index < -0.39 is 0 Å². The second-order valence-electron chi connectivity index (χ2n) is 6.19. The van der Waals surface area contributed by atoms with Crippen molar-refractivity contribution in [2.24, 2.45) is 14.1 Å². The van der Waals surface area contributed by atoms with Crippen LogP contribution >= 0.6 is 0 Å². The zero-order valence-electron chi connectivity index (χ0n) is 16.1. The summed E-state index contributed by atoms with van der Waals surface area (Å²) in [7, 11) is 5.33. The Hall–Kier alpha value is -2.51. The van der Waals surface area contributed by atoms with Crippen molar-refractivity contribution in [2.75, 3.05) is 7.11 Å². The highest BCUT2D eigenvalue weighted by molar-refractivity contribution is 5.74. The van der Waals surface area contributed by atoms with Crippen LogP contribution in [0, 0.1) is 20.8 Å². The van der Waals surface area contributed by atoms with E-state index in [1.165, 1.54) is 0 Å². The molecule has 0 saturated heterocycles. The van der Waals surface area contributed by atoms with Crippen molar-refractivity contribution in [3.05, 3.63) is 28.2 Å². The Morgan fingerprint density at radius 3 is 2.32 bits per heavy atom. The molecule has 0 saturated carbocycles. The average molecular weight is 348 g/mol. The van der Waals surface area contributed by atoms with Crippen LogP contribution in [0.4, 0.5) is 4.79 Å². The minimum atomic E-state index is -0.222. The molecule has 0 aliphatic carbocycles. The number of hydrogen-bond donors (Lipinski definition) is 2. The van der Waals surface area contributed by atoms with Gasteiger partial charge in [0.1, 0.15) is 0 Å². The van der Waals surface area contributed by atoms with E-state index in [0.29, 0.717) is 12.4 Å². The van der Waals surface area contributed by atoms with Gasteiger partial charge in [0.2, 0.25) is 5.88 Å². The third-order valence-corrected chi connectivity index (χ3v) is 4.53. The minimum absolute atomic E-state index is 0.0782. The summed E-state index contributed by atoms with van der Waals surface area (Å²) >= 11 is 0. The van der Waals surface area contributed by atoms with Gasteiger partial charge in [-0.15, -0.1) is 0 Å². The van der Waals surface area contributed by atoms with E-state index in [9.17, 15) is 4.79 Å². The molecule has 138 valence electrons. The maximum absolute atomic E-state index is 12.4. The first-order chi connectivity index (χ1) is 11.8. The molecule has 0 aliphatic rings. The van der Waals surface area contributed by atoms with Gasteiger partial charge in [-0.25, -0.2) is 9.48 Å². The molecular formula is C17H28N6O2. The highest BCUT2D eigenvalue weighted by atomic mass is 16.5. The van der Waals surface area contributed by atoms with Crippen molar-refractivity contribution in [1.82, 2.24) is 30.2 Å². The van der Waals surface area contributed by atoms with Crippen LogP contribution in [-0.4, -0.2) is 32.7 Å². The molecule has 2 aromatic rings. The third kappa shape index (κ3) is 3.78. The topological polar surface area (TPSA) is 86.0 Å². The van der Waals surface area contributed by atoms with Gasteiger partial charge >= 0.3 is 6.03 Å². The first-order valence-corrected chi connectivity index (χ1v) is 8.41. The minimum Gasteiger partial charge on any atom is -0.481 e. The summed E-state index contributed by atoms with van der Waals surface area (Å²) in [6.45, 7) is 8.28. The molecule has 2 heterocycles. The van der Waals surface area contributed by atoms with Gasteiger partial charge in [-0.05, 0) is 27.2 Å². The van der Waals surface area contributed by atoms with Crippen LogP contribution < -0.4 is 15.4 Å². The molecule has 0 spiro atoms. The smallest absolute Gasteiger partial charge is 0.315 e. The number of hydrogen-bond acceptors (Lipinski definition) is 4. The molecule has 0 fully saturated rings. The molecule has 8 nitrogen and oxygen atoms in total. The van der Waals surface area contributed by atoms with E-state index in [1.54, 1.807) is 11.8 Å². The van der Waals surface area contributed by atoms with E-state index in [4.69, 9.17) is 4.74 Å². The van der Waals surface area contributed by atoms with E-state index in [1.807, 2.05) is 46.5 Å². The molecule has 0 aromatic carbocycles. The molecule has 1 unspecified atom stereocenters. The normalized spacial score (nSPS) is 12.1. The summed E-state index contributed by atoms with van der Waals surface area (Å²) < 4.78 is 8.86. The lowest BCUT2D eigenvalue weighted by Gasteiger charge is -2.18. The maximum atomic E-state index is 12.4. The quantitative estimate of drug-likeness (QED) is 0.836. The van der Waals surface area contributed by atoms with Crippen LogP contribution in [0.3, 0.4) is 0 Å². The van der Waals surface area contributed by atoms with Gasteiger partial charge in [0.05, 0.1) is 36.6 Å². The Labute approximate surface area is 148 Å². The van der Waals surface area contributed by atoms with Gasteiger partial charge in [-0.1, -0.05) is 6.92 Å². The summed E-state index contributed by atoms with van der Waals surface area (Å²) in [5.41, 5.74) is 4.80. The first kappa shape index (κ1) is 18.8. The predicted molar refractivity (Wildman–Crippen MR) is 95.6 cm³/mol. The molecule has 2 amide bonds. The number of nitrogens with one attached hydrogen (secondary N) is 2. The van der Waals surface area contributed by atoms with E-state index in [-0.39, 0.29) is 12.1 Å². The van der Waals surface area contributed by atoms with E-state index >= 15 is 0 Å². The summed E-state index contributed by atoms with van der Waals surface area (Å²) in [5, 5.41) is 14.7. The molecule has 8 heteroatoms. The SMILES string of the molecule is CCC(NC(=O)NCc1c(C)nn(C)c1OC)c1c(C)nn(C)c1C. The first-order valence-electron chi connectivity index (χ1n) is 8.41. The van der Waals surface area contributed by atoms with Gasteiger partial charge in [0.15, 0.2) is 0 Å². The highest BCUT2D eigenvalue weighted by Crippen LogP contribution is 2.24. The molecule has 25 heavy (non-hydrogen) atoms. The number of ether oxygens (including phenoxy) is 1. The van der Waals surface area contributed by atoms with Crippen LogP contribution in [0.1, 0.15) is 47.6 Å². The number of amides is 2. The molecular weight excluding hydrogens is 320 g/mol. The van der Waals surface area contributed by atoms with Gasteiger partial charge in [0.25, 0.3) is 0 Å². The lowest BCUT2D eigenvalue weighted by Crippen LogP contribution is -2.37. The second-order valence-corrected chi connectivity index (χ2v) is 6.19. The molecule has 0 radical (unpaired) electrons. The van der Waals surface area contributed by atoms with Gasteiger partial charge in [0, 0.05) is 25.4 Å². The van der Waals surface area contributed by atoms with Crippen LogP contribution in [0.25, 0.3) is 0 Å². The van der Waals surface area contributed by atoms with Crippen molar-refractivity contribution in [1.29, 1.82) is 0 Å². The average Bonchev–Trinajstić information content (AvgIpc) is 2.97. The zero-order valence-corrected chi connectivity index (χ0v) is 16.1. The Balaban J connectivity index is 2.06. The predicted octanol–water partition coefficient (Wildman–Crippen LogP) is 2.04. The monoisotopic (exact) mass is 348 g/mol. The summed E-state index contributed by atoms with van der Waals surface area (Å²) in [4.78, 5) is 12.4. The number of carbonyl (C=O) groups excluding carboxylic acids is 1. The summed E-state index contributed by atoms with van der Waals surface area (Å²) in [6.07, 6.45) is 0.788. The van der Waals surface area contributed by atoms with Crippen molar-refractivity contribution in [3.63, 3.8) is 0 Å². The Bertz CT molecular complexity index is 762. The van der Waals surface area contributed by atoms with Crippen molar-refractivity contribution >= 4 is 6.03 Å². The van der Waals surface area contributed by atoms with Gasteiger partial charge in [-0.3, -0.25) is 4.68 Å². The molecule has 0 aliphatic heterocycles. The lowest BCUT2D eigenvalue weighted by molar-refractivity contribution is 0.236. The number of aryl methyl sites for hydroxylation is 4. The van der Waals surface area contributed by atoms with Gasteiger partial charge in [-0.2, -0.15) is 10.2 Å². The number of aromatic nitrogens is 4. The molecule has 0 bridgehead atoms. The zero-order chi connectivity index (χ0) is 18.7. The van der Waals surface area contributed by atoms with Crippen LogP contribution in [0.15, 0.2) is 0 Å². The van der Waals surface area contributed by atoms with Crippen LogP contribution in [0.5, 0.6) is 5.88 Å². The molecule has 2 N–H and O–H groups in total. The number of rotatable bonds is 6. The fourth-order valence-electron chi connectivity index (χ4n) is 3.19. The Kier molecular flexibility index (Phi) is 5.71. The second kappa shape index (κ2) is 7.58. The van der Waals surface area contributed by atoms with E-state index in [0.717, 1.165) is 34.6 Å². The summed E-state index contributed by atoms with van der Waals surface area (Å²) in [5.74, 6) is 0.656. The third-order valence-electron chi connectivity index (χ3n) is 4.53. The fraction of sp³-hybridized carbons (Fsp3) is 0.588. The van der Waals surface area contributed by atoms with Crippen molar-refractivity contribution in [3.8, 4) is 5.88 Å². The van der Waals surface area contributed by atoms with Gasteiger partial charge < -0.3 is 15.4 Å². The van der Waals surface area contributed by atoms with E-state index in [2.05, 4.69) is 20.8 Å². The van der Waals surface area contributed by atoms with Crippen molar-refractivity contribution in [2.45, 2.75) is 46.7 Å². The largest absolute Gasteiger partial charge is 0.481 e. The molecule has 2 rings (SSSR count). The Morgan fingerprint density at radius 2 is 1.80 bits per heavy atom. The van der Waals surface area contributed by atoms with Crippen molar-refractivity contribution < 1.29 is 9.53 Å². The number of urea groups is 1.